The molecule has 17 heavy (non-hydrogen) atoms. The van der Waals surface area contributed by atoms with Crippen LogP contribution in [0.15, 0.2) is 56.7 Å². The molecule has 6 heteroatoms. The standard InChI is InChI=1S/C11H9NO3S2/c13-12-8-10-11(6-7-16-10)17(14,15)9-4-2-1-3-5-9/h1-8,13H/b12-8-. The Hall–Kier alpha value is -1.66. The molecular formula is C11H9NO3S2. The fraction of sp³-hybridized carbons (Fsp3) is 0. The van der Waals surface area contributed by atoms with Crippen LogP contribution in [-0.2, 0) is 9.84 Å². The Kier molecular flexibility index (Phi) is 3.26. The van der Waals surface area contributed by atoms with E-state index in [1.807, 2.05) is 0 Å². The van der Waals surface area contributed by atoms with Crippen LogP contribution >= 0.6 is 11.3 Å². The first-order valence-corrected chi connectivity index (χ1v) is 7.07. The Morgan fingerprint density at radius 1 is 1.18 bits per heavy atom. The minimum absolute atomic E-state index is 0.159. The van der Waals surface area contributed by atoms with Crippen LogP contribution < -0.4 is 0 Å². The van der Waals surface area contributed by atoms with Crippen LogP contribution in [0.4, 0.5) is 0 Å². The summed E-state index contributed by atoms with van der Waals surface area (Å²) in [5.41, 5.74) is 0. The molecular weight excluding hydrogens is 258 g/mol. The predicted octanol–water partition coefficient (Wildman–Crippen LogP) is 2.39. The monoisotopic (exact) mass is 267 g/mol. The maximum atomic E-state index is 12.3. The lowest BCUT2D eigenvalue weighted by molar-refractivity contribution is 0.322. The Labute approximate surface area is 103 Å². The summed E-state index contributed by atoms with van der Waals surface area (Å²) in [6.07, 6.45) is 1.13. The van der Waals surface area contributed by atoms with Crippen LogP contribution in [0.2, 0.25) is 0 Å². The summed E-state index contributed by atoms with van der Waals surface area (Å²) in [6, 6.07) is 9.66. The van der Waals surface area contributed by atoms with E-state index < -0.39 is 9.84 Å². The number of oxime groups is 1. The minimum atomic E-state index is -3.54. The summed E-state index contributed by atoms with van der Waals surface area (Å²) in [5.74, 6) is 0. The molecule has 88 valence electrons. The molecule has 0 bridgehead atoms. The van der Waals surface area contributed by atoms with Crippen LogP contribution in [0.3, 0.4) is 0 Å². The van der Waals surface area contributed by atoms with Crippen molar-refractivity contribution in [1.82, 2.24) is 0 Å². The Balaban J connectivity index is 2.57. The van der Waals surface area contributed by atoms with E-state index in [0.717, 1.165) is 6.21 Å². The van der Waals surface area contributed by atoms with Gasteiger partial charge in [-0.1, -0.05) is 23.4 Å². The van der Waals surface area contributed by atoms with Gasteiger partial charge in [0.25, 0.3) is 0 Å². The molecule has 1 heterocycles. The molecule has 1 aromatic carbocycles. The van der Waals surface area contributed by atoms with Gasteiger partial charge in [-0.25, -0.2) is 8.42 Å². The van der Waals surface area contributed by atoms with Crippen LogP contribution in [-0.4, -0.2) is 19.8 Å². The van der Waals surface area contributed by atoms with Crippen LogP contribution in [0, 0.1) is 0 Å². The summed E-state index contributed by atoms with van der Waals surface area (Å²) in [7, 11) is -3.54. The van der Waals surface area contributed by atoms with Crippen molar-refractivity contribution in [3.63, 3.8) is 0 Å². The van der Waals surface area contributed by atoms with Crippen molar-refractivity contribution in [2.45, 2.75) is 9.79 Å². The van der Waals surface area contributed by atoms with Crippen molar-refractivity contribution in [3.8, 4) is 0 Å². The van der Waals surface area contributed by atoms with Gasteiger partial charge >= 0.3 is 0 Å². The third-order valence-electron chi connectivity index (χ3n) is 2.18. The van der Waals surface area contributed by atoms with Crippen molar-refractivity contribution < 1.29 is 13.6 Å². The summed E-state index contributed by atoms with van der Waals surface area (Å²) < 4.78 is 24.5. The molecule has 1 N–H and O–H groups in total. The van der Waals surface area contributed by atoms with Gasteiger partial charge in [0, 0.05) is 0 Å². The highest BCUT2D eigenvalue weighted by atomic mass is 32.2. The third-order valence-corrected chi connectivity index (χ3v) is 4.98. The van der Waals surface area contributed by atoms with Gasteiger partial charge in [-0.15, -0.1) is 11.3 Å². The third kappa shape index (κ3) is 2.22. The van der Waals surface area contributed by atoms with Gasteiger partial charge in [0.2, 0.25) is 9.84 Å². The van der Waals surface area contributed by atoms with Crippen molar-refractivity contribution in [2.24, 2.45) is 5.16 Å². The predicted molar refractivity (Wildman–Crippen MR) is 65.6 cm³/mol. The van der Waals surface area contributed by atoms with Crippen LogP contribution in [0.5, 0.6) is 0 Å². The molecule has 0 saturated heterocycles. The molecule has 2 aromatic rings. The van der Waals surface area contributed by atoms with E-state index in [0.29, 0.717) is 4.88 Å². The highest BCUT2D eigenvalue weighted by molar-refractivity contribution is 7.91. The molecule has 2 rings (SSSR count). The maximum absolute atomic E-state index is 12.3. The van der Waals surface area contributed by atoms with Gasteiger partial charge in [0.1, 0.15) is 0 Å². The molecule has 0 saturated carbocycles. The zero-order chi connectivity index (χ0) is 12.3. The molecule has 0 aliphatic carbocycles. The van der Waals surface area contributed by atoms with E-state index in [9.17, 15) is 8.42 Å². The molecule has 0 aliphatic heterocycles. The lowest BCUT2D eigenvalue weighted by Gasteiger charge is -2.02. The van der Waals surface area contributed by atoms with E-state index in [1.54, 1.807) is 23.6 Å². The van der Waals surface area contributed by atoms with Gasteiger partial charge in [-0.05, 0) is 23.6 Å². The molecule has 0 aliphatic rings. The van der Waals surface area contributed by atoms with E-state index in [-0.39, 0.29) is 9.79 Å². The highest BCUT2D eigenvalue weighted by Crippen LogP contribution is 2.26. The van der Waals surface area contributed by atoms with Gasteiger partial charge in [-0.2, -0.15) is 0 Å². The van der Waals surface area contributed by atoms with Crippen molar-refractivity contribution >= 4 is 27.4 Å². The number of thiophene rings is 1. The first kappa shape index (κ1) is 11.8. The second kappa shape index (κ2) is 4.68. The summed E-state index contributed by atoms with van der Waals surface area (Å²) in [5, 5.41) is 13.0. The molecule has 0 unspecified atom stereocenters. The number of rotatable bonds is 3. The van der Waals surface area contributed by atoms with Gasteiger partial charge in [-0.3, -0.25) is 0 Å². The van der Waals surface area contributed by atoms with Gasteiger partial charge in [0.15, 0.2) is 0 Å². The topological polar surface area (TPSA) is 66.7 Å². The minimum Gasteiger partial charge on any atom is -0.411 e. The Morgan fingerprint density at radius 3 is 2.53 bits per heavy atom. The van der Waals surface area contributed by atoms with Crippen LogP contribution in [0.25, 0.3) is 0 Å². The van der Waals surface area contributed by atoms with Crippen molar-refractivity contribution in [3.05, 3.63) is 46.7 Å². The van der Waals surface area contributed by atoms with Crippen LogP contribution in [0.1, 0.15) is 4.88 Å². The Bertz CT molecular complexity index is 630. The van der Waals surface area contributed by atoms with Gasteiger partial charge < -0.3 is 5.21 Å². The fourth-order valence-electron chi connectivity index (χ4n) is 1.40. The number of benzene rings is 1. The smallest absolute Gasteiger partial charge is 0.208 e. The normalized spacial score (nSPS) is 12.0. The first-order chi connectivity index (χ1) is 8.16. The molecule has 0 atom stereocenters. The molecule has 1 aromatic heterocycles. The zero-order valence-corrected chi connectivity index (χ0v) is 10.3. The number of hydrogen-bond donors (Lipinski definition) is 1. The highest BCUT2D eigenvalue weighted by Gasteiger charge is 2.21. The molecule has 0 fully saturated rings. The fourth-order valence-corrected chi connectivity index (χ4v) is 3.94. The maximum Gasteiger partial charge on any atom is 0.208 e. The van der Waals surface area contributed by atoms with E-state index >= 15 is 0 Å². The summed E-state index contributed by atoms with van der Waals surface area (Å²) in [4.78, 5) is 0.800. The molecule has 0 radical (unpaired) electrons. The van der Waals surface area contributed by atoms with E-state index in [2.05, 4.69) is 5.16 Å². The Morgan fingerprint density at radius 2 is 1.88 bits per heavy atom. The zero-order valence-electron chi connectivity index (χ0n) is 8.65. The second-order valence-electron chi connectivity index (χ2n) is 3.21. The second-order valence-corrected chi connectivity index (χ2v) is 6.08. The number of nitrogens with zero attached hydrogens (tertiary/aromatic N) is 1. The van der Waals surface area contributed by atoms with Gasteiger partial charge in [0.05, 0.1) is 20.9 Å². The first-order valence-electron chi connectivity index (χ1n) is 4.71. The average molecular weight is 267 g/mol. The molecule has 0 amide bonds. The lowest BCUT2D eigenvalue weighted by Crippen LogP contribution is -2.02. The average Bonchev–Trinajstić information content (AvgIpc) is 2.80. The molecule has 4 nitrogen and oxygen atoms in total. The number of hydrogen-bond acceptors (Lipinski definition) is 5. The lowest BCUT2D eigenvalue weighted by atomic mass is 10.4. The van der Waals surface area contributed by atoms with E-state index in [4.69, 9.17) is 5.21 Å². The summed E-state index contributed by atoms with van der Waals surface area (Å²) in [6.45, 7) is 0. The van der Waals surface area contributed by atoms with Crippen molar-refractivity contribution in [1.29, 1.82) is 0 Å². The van der Waals surface area contributed by atoms with Crippen molar-refractivity contribution in [2.75, 3.05) is 0 Å². The number of sulfone groups is 1. The largest absolute Gasteiger partial charge is 0.411 e. The van der Waals surface area contributed by atoms with E-state index in [1.165, 1.54) is 29.5 Å². The molecule has 0 spiro atoms. The summed E-state index contributed by atoms with van der Waals surface area (Å²) >= 11 is 1.21. The quantitative estimate of drug-likeness (QED) is 0.527. The SMILES string of the molecule is O=S(=O)(c1ccccc1)c1ccsc1/C=N\O.